The molecule has 0 atom stereocenters. The third-order valence-electron chi connectivity index (χ3n) is 5.62. The van der Waals surface area contributed by atoms with Crippen LogP contribution in [0.5, 0.6) is 5.75 Å². The highest BCUT2D eigenvalue weighted by molar-refractivity contribution is 6.05. The van der Waals surface area contributed by atoms with E-state index in [4.69, 9.17) is 15.2 Å². The van der Waals surface area contributed by atoms with E-state index in [2.05, 4.69) is 27.0 Å². The number of nitrogens with two attached hydrogens (primary N) is 1. The average Bonchev–Trinajstić information content (AvgIpc) is 3.10. The highest BCUT2D eigenvalue weighted by Gasteiger charge is 2.30. The van der Waals surface area contributed by atoms with E-state index < -0.39 is 23.2 Å². The molecular weight excluding hydrogens is 457 g/mol. The Morgan fingerprint density at radius 2 is 2.00 bits per heavy atom. The molecule has 1 fully saturated rings. The fraction of sp³-hybridized carbons (Fsp3) is 0.458. The summed E-state index contributed by atoms with van der Waals surface area (Å²) < 4.78 is 27.2. The first kappa shape index (κ1) is 24.7. The number of hydrogen-bond acceptors (Lipinski definition) is 7. The molecular formula is C24H28FN5O5. The molecule has 35 heavy (non-hydrogen) atoms. The molecule has 2 aromatic rings. The maximum Gasteiger partial charge on any atom is 0.270 e. The van der Waals surface area contributed by atoms with Crippen molar-refractivity contribution in [2.24, 2.45) is 5.73 Å². The standard InChI is InChI=1S/C24H28FN5O5/c1-24(2,33)4-3-15-13-16-18(14-17(15)25)35-12-9-30-20(19(21(26)31)28-22(16)30)23(32)27-5-6-29-7-10-34-11-8-29/h13-14,33H,5-12H2,1-2H3,(H2,26,31)(H,27,32). The van der Waals surface area contributed by atoms with E-state index in [0.29, 0.717) is 31.9 Å². The predicted octanol–water partition coefficient (Wildman–Crippen LogP) is 0.365. The number of carbonyl (C=O) groups excluding carboxylic acids is 2. The van der Waals surface area contributed by atoms with Gasteiger partial charge in [-0.15, -0.1) is 0 Å². The van der Waals surface area contributed by atoms with E-state index in [9.17, 15) is 19.1 Å². The van der Waals surface area contributed by atoms with Gasteiger partial charge in [0.25, 0.3) is 11.8 Å². The van der Waals surface area contributed by atoms with Gasteiger partial charge in [-0.05, 0) is 19.9 Å². The molecule has 0 saturated carbocycles. The number of ether oxygens (including phenoxy) is 2. The van der Waals surface area contributed by atoms with E-state index in [0.717, 1.165) is 13.1 Å². The van der Waals surface area contributed by atoms with Gasteiger partial charge in [0.2, 0.25) is 0 Å². The molecule has 4 rings (SSSR count). The lowest BCUT2D eigenvalue weighted by molar-refractivity contribution is 0.0383. The first-order valence-electron chi connectivity index (χ1n) is 11.3. The Kier molecular flexibility index (Phi) is 7.07. The van der Waals surface area contributed by atoms with Crippen LogP contribution in [0, 0.1) is 17.7 Å². The molecule has 4 N–H and O–H groups in total. The lowest BCUT2D eigenvalue weighted by Gasteiger charge is -2.26. The minimum Gasteiger partial charge on any atom is -0.491 e. The van der Waals surface area contributed by atoms with Crippen LogP contribution in [-0.2, 0) is 11.3 Å². The number of primary amides is 1. The second-order valence-electron chi connectivity index (χ2n) is 8.84. The summed E-state index contributed by atoms with van der Waals surface area (Å²) in [6, 6.07) is 2.61. The van der Waals surface area contributed by atoms with Gasteiger partial charge in [0, 0.05) is 32.2 Å². The fourth-order valence-electron chi connectivity index (χ4n) is 3.93. The predicted molar refractivity (Wildman–Crippen MR) is 124 cm³/mol. The molecule has 0 spiro atoms. The summed E-state index contributed by atoms with van der Waals surface area (Å²) in [4.78, 5) is 31.9. The average molecular weight is 486 g/mol. The largest absolute Gasteiger partial charge is 0.491 e. The van der Waals surface area contributed by atoms with E-state index in [-0.39, 0.29) is 41.7 Å². The van der Waals surface area contributed by atoms with Gasteiger partial charge in [0.05, 0.1) is 30.9 Å². The zero-order valence-electron chi connectivity index (χ0n) is 19.7. The molecule has 0 bridgehead atoms. The molecule has 1 aromatic carbocycles. The molecule has 1 aromatic heterocycles. The Morgan fingerprint density at radius 3 is 2.69 bits per heavy atom. The number of morpholine rings is 1. The number of fused-ring (bicyclic) bond motifs is 3. The Hall–Kier alpha value is -3.46. The van der Waals surface area contributed by atoms with Gasteiger partial charge >= 0.3 is 0 Å². The highest BCUT2D eigenvalue weighted by Crippen LogP contribution is 2.35. The summed E-state index contributed by atoms with van der Waals surface area (Å²) in [5, 5.41) is 12.7. The van der Waals surface area contributed by atoms with E-state index in [1.165, 1.54) is 26.0 Å². The third-order valence-corrected chi connectivity index (χ3v) is 5.62. The van der Waals surface area contributed by atoms with Crippen molar-refractivity contribution >= 4 is 11.8 Å². The van der Waals surface area contributed by atoms with Crippen molar-refractivity contribution in [1.29, 1.82) is 0 Å². The molecule has 10 nitrogen and oxygen atoms in total. The Balaban J connectivity index is 1.68. The van der Waals surface area contributed by atoms with Gasteiger partial charge in [0.15, 0.2) is 5.69 Å². The molecule has 2 amide bonds. The van der Waals surface area contributed by atoms with Crippen LogP contribution in [0.1, 0.15) is 40.4 Å². The van der Waals surface area contributed by atoms with Crippen molar-refractivity contribution in [2.75, 3.05) is 46.0 Å². The fourth-order valence-corrected chi connectivity index (χ4v) is 3.93. The van der Waals surface area contributed by atoms with Gasteiger partial charge in [-0.25, -0.2) is 9.37 Å². The summed E-state index contributed by atoms with van der Waals surface area (Å²) in [5.41, 5.74) is 4.47. The topological polar surface area (TPSA) is 132 Å². The lowest BCUT2D eigenvalue weighted by Crippen LogP contribution is -2.41. The van der Waals surface area contributed by atoms with Crippen molar-refractivity contribution in [2.45, 2.75) is 26.0 Å². The Morgan fingerprint density at radius 1 is 1.26 bits per heavy atom. The Bertz CT molecular complexity index is 1200. The SMILES string of the molecule is CC(C)(O)C#Cc1cc2c(cc1F)OCCn1c-2nc(C(N)=O)c1C(=O)NCCN1CCOCC1. The van der Waals surface area contributed by atoms with Crippen LogP contribution in [0.25, 0.3) is 11.4 Å². The van der Waals surface area contributed by atoms with E-state index >= 15 is 0 Å². The molecule has 0 aliphatic carbocycles. The zero-order chi connectivity index (χ0) is 25.2. The van der Waals surface area contributed by atoms with Crippen LogP contribution in [0.3, 0.4) is 0 Å². The molecule has 11 heteroatoms. The van der Waals surface area contributed by atoms with E-state index in [1.54, 1.807) is 4.57 Å². The van der Waals surface area contributed by atoms with Crippen molar-refractivity contribution in [3.05, 3.63) is 34.9 Å². The van der Waals surface area contributed by atoms with Gasteiger partial charge in [0.1, 0.15) is 35.3 Å². The van der Waals surface area contributed by atoms with Crippen LogP contribution in [0.15, 0.2) is 12.1 Å². The summed E-state index contributed by atoms with van der Waals surface area (Å²) >= 11 is 0. The molecule has 186 valence electrons. The van der Waals surface area contributed by atoms with E-state index in [1.807, 2.05) is 0 Å². The summed E-state index contributed by atoms with van der Waals surface area (Å²) in [6.07, 6.45) is 0. The lowest BCUT2D eigenvalue weighted by atomic mass is 10.1. The van der Waals surface area contributed by atoms with Crippen LogP contribution in [0.4, 0.5) is 4.39 Å². The molecule has 3 heterocycles. The first-order valence-corrected chi connectivity index (χ1v) is 11.3. The van der Waals surface area contributed by atoms with Gasteiger partial charge in [-0.3, -0.25) is 14.5 Å². The highest BCUT2D eigenvalue weighted by atomic mass is 19.1. The number of halogens is 1. The van der Waals surface area contributed by atoms with Crippen molar-refractivity contribution in [3.8, 4) is 29.0 Å². The maximum atomic E-state index is 14.7. The first-order chi connectivity index (χ1) is 16.6. The molecule has 2 aliphatic rings. The number of amides is 2. The number of benzene rings is 1. The quantitative estimate of drug-likeness (QED) is 0.521. The van der Waals surface area contributed by atoms with Crippen molar-refractivity contribution in [1.82, 2.24) is 19.8 Å². The van der Waals surface area contributed by atoms with Crippen molar-refractivity contribution in [3.63, 3.8) is 0 Å². The minimum atomic E-state index is -1.32. The van der Waals surface area contributed by atoms with Crippen LogP contribution in [-0.4, -0.2) is 83.0 Å². The Labute approximate surface area is 202 Å². The number of aliphatic hydroxyl groups is 1. The van der Waals surface area contributed by atoms with Gasteiger partial charge in [-0.2, -0.15) is 0 Å². The summed E-state index contributed by atoms with van der Waals surface area (Å²) in [7, 11) is 0. The number of imidazole rings is 1. The molecule has 0 unspecified atom stereocenters. The third kappa shape index (κ3) is 5.62. The maximum absolute atomic E-state index is 14.7. The smallest absolute Gasteiger partial charge is 0.270 e. The number of nitrogens with one attached hydrogen (secondary N) is 1. The number of carbonyl (C=O) groups is 2. The zero-order valence-corrected chi connectivity index (χ0v) is 19.7. The molecule has 0 radical (unpaired) electrons. The summed E-state index contributed by atoms with van der Waals surface area (Å²) in [6.45, 7) is 7.17. The normalized spacial score (nSPS) is 15.7. The number of aromatic nitrogens is 2. The number of rotatable bonds is 5. The van der Waals surface area contributed by atoms with Crippen molar-refractivity contribution < 1.29 is 28.6 Å². The molecule has 1 saturated heterocycles. The van der Waals surface area contributed by atoms with Crippen LogP contribution in [0.2, 0.25) is 0 Å². The minimum absolute atomic E-state index is 0.0167. The van der Waals surface area contributed by atoms with Crippen LogP contribution < -0.4 is 15.8 Å². The summed E-state index contributed by atoms with van der Waals surface area (Å²) in [5.74, 6) is 3.69. The van der Waals surface area contributed by atoms with Gasteiger partial charge < -0.3 is 30.2 Å². The number of hydrogen-bond donors (Lipinski definition) is 3. The molecule has 2 aliphatic heterocycles. The van der Waals surface area contributed by atoms with Crippen LogP contribution >= 0.6 is 0 Å². The second kappa shape index (κ2) is 10.0. The number of nitrogens with zero attached hydrogens (tertiary/aromatic N) is 3. The second-order valence-corrected chi connectivity index (χ2v) is 8.84. The van der Waals surface area contributed by atoms with Gasteiger partial charge in [-0.1, -0.05) is 11.8 Å². The monoisotopic (exact) mass is 485 g/mol.